The Hall–Kier alpha value is -3.75. The molecule has 1 aliphatic heterocycles. The minimum absolute atomic E-state index is 0.0757. The maximum absolute atomic E-state index is 14.2. The van der Waals surface area contributed by atoms with Crippen molar-refractivity contribution in [2.75, 3.05) is 18.6 Å². The van der Waals surface area contributed by atoms with Crippen LogP contribution in [0.25, 0.3) is 0 Å². The molecule has 148 valence electrons. The van der Waals surface area contributed by atoms with E-state index in [2.05, 4.69) is 20.3 Å². The standard InChI is InChI=1S/C20H18FN5O3/c1-26-18-15(8-5-9-22-18)29-11-14(20(26)28)24-19(27)17-23-13(16(21)25-17)10-12-6-3-2-4-7-12/h2-9,14H,10-11H2,1H3,(H,23,25)(H,24,27)/t14-/m0/s1. The molecular weight excluding hydrogens is 377 g/mol. The van der Waals surface area contributed by atoms with Crippen molar-refractivity contribution in [2.45, 2.75) is 12.5 Å². The molecule has 0 fully saturated rings. The van der Waals surface area contributed by atoms with Gasteiger partial charge in [-0.15, -0.1) is 0 Å². The Labute approximate surface area is 165 Å². The molecule has 0 radical (unpaired) electrons. The van der Waals surface area contributed by atoms with Crippen molar-refractivity contribution in [1.82, 2.24) is 20.3 Å². The normalized spacial score (nSPS) is 16.0. The number of nitrogens with one attached hydrogen (secondary N) is 2. The molecule has 0 saturated carbocycles. The molecule has 2 aromatic heterocycles. The van der Waals surface area contributed by atoms with Gasteiger partial charge in [-0.3, -0.25) is 14.5 Å². The number of aromatic amines is 1. The van der Waals surface area contributed by atoms with Crippen LogP contribution in [0.4, 0.5) is 10.2 Å². The smallest absolute Gasteiger partial charge is 0.287 e. The van der Waals surface area contributed by atoms with Gasteiger partial charge >= 0.3 is 0 Å². The summed E-state index contributed by atoms with van der Waals surface area (Å²) < 4.78 is 19.8. The Kier molecular flexibility index (Phi) is 4.94. The van der Waals surface area contributed by atoms with Gasteiger partial charge in [-0.05, 0) is 17.7 Å². The second-order valence-electron chi connectivity index (χ2n) is 6.58. The van der Waals surface area contributed by atoms with Crippen LogP contribution in [0.2, 0.25) is 0 Å². The number of fused-ring (bicyclic) bond motifs is 1. The van der Waals surface area contributed by atoms with Gasteiger partial charge in [-0.2, -0.15) is 9.37 Å². The monoisotopic (exact) mass is 395 g/mol. The number of carbonyl (C=O) groups excluding carboxylic acids is 2. The third-order valence-electron chi connectivity index (χ3n) is 4.58. The lowest BCUT2D eigenvalue weighted by atomic mass is 10.1. The maximum Gasteiger partial charge on any atom is 0.287 e. The van der Waals surface area contributed by atoms with Crippen LogP contribution in [0.3, 0.4) is 0 Å². The molecular formula is C20H18FN5O3. The summed E-state index contributed by atoms with van der Waals surface area (Å²) >= 11 is 0. The molecule has 9 heteroatoms. The average Bonchev–Trinajstić information content (AvgIpc) is 3.06. The molecule has 2 amide bonds. The second-order valence-corrected chi connectivity index (χ2v) is 6.58. The molecule has 0 bridgehead atoms. The summed E-state index contributed by atoms with van der Waals surface area (Å²) in [6, 6.07) is 11.7. The number of carbonyl (C=O) groups is 2. The SMILES string of the molecule is CN1C(=O)[C@@H](NC(=O)c2nc(F)c(Cc3ccccc3)[nH]2)COc2cccnc21. The van der Waals surface area contributed by atoms with Gasteiger partial charge in [-0.25, -0.2) is 4.98 Å². The molecule has 0 unspecified atom stereocenters. The summed E-state index contributed by atoms with van der Waals surface area (Å²) in [4.78, 5) is 37.1. The van der Waals surface area contributed by atoms with E-state index in [1.54, 1.807) is 25.4 Å². The zero-order valence-electron chi connectivity index (χ0n) is 15.6. The first kappa shape index (κ1) is 18.6. The van der Waals surface area contributed by atoms with Gasteiger partial charge in [0.2, 0.25) is 5.95 Å². The number of hydrogen-bond donors (Lipinski definition) is 2. The molecule has 1 aliphatic rings. The van der Waals surface area contributed by atoms with E-state index in [0.717, 1.165) is 5.56 Å². The highest BCUT2D eigenvalue weighted by molar-refractivity contribution is 6.01. The fraction of sp³-hybridized carbons (Fsp3) is 0.200. The first-order chi connectivity index (χ1) is 14.0. The number of anilines is 1. The van der Waals surface area contributed by atoms with E-state index in [-0.39, 0.29) is 24.5 Å². The van der Waals surface area contributed by atoms with E-state index in [9.17, 15) is 14.0 Å². The number of imidazole rings is 1. The van der Waals surface area contributed by atoms with E-state index in [1.165, 1.54) is 4.90 Å². The van der Waals surface area contributed by atoms with Crippen LogP contribution in [0.15, 0.2) is 48.7 Å². The summed E-state index contributed by atoms with van der Waals surface area (Å²) in [6.07, 6.45) is 1.81. The number of halogens is 1. The number of ether oxygens (including phenoxy) is 1. The first-order valence-corrected chi connectivity index (χ1v) is 8.97. The minimum atomic E-state index is -0.965. The third-order valence-corrected chi connectivity index (χ3v) is 4.58. The van der Waals surface area contributed by atoms with Crippen molar-refractivity contribution in [2.24, 2.45) is 0 Å². The van der Waals surface area contributed by atoms with Crippen LogP contribution in [-0.2, 0) is 11.2 Å². The number of hydrogen-bond acceptors (Lipinski definition) is 5. The average molecular weight is 395 g/mol. The van der Waals surface area contributed by atoms with Gasteiger partial charge in [0.15, 0.2) is 17.4 Å². The Bertz CT molecular complexity index is 1050. The second kappa shape index (κ2) is 7.70. The van der Waals surface area contributed by atoms with Gasteiger partial charge in [0.1, 0.15) is 12.6 Å². The lowest BCUT2D eigenvalue weighted by Gasteiger charge is -2.19. The number of H-pyrrole nitrogens is 1. The maximum atomic E-state index is 14.2. The Morgan fingerprint density at radius 2 is 2.10 bits per heavy atom. The van der Waals surface area contributed by atoms with E-state index in [0.29, 0.717) is 11.6 Å². The van der Waals surface area contributed by atoms with Crippen molar-refractivity contribution < 1.29 is 18.7 Å². The molecule has 0 saturated heterocycles. The van der Waals surface area contributed by atoms with Gasteiger partial charge < -0.3 is 15.0 Å². The topological polar surface area (TPSA) is 100 Å². The molecule has 1 aromatic carbocycles. The van der Waals surface area contributed by atoms with E-state index >= 15 is 0 Å². The molecule has 1 atom stereocenters. The first-order valence-electron chi connectivity index (χ1n) is 8.97. The van der Waals surface area contributed by atoms with Crippen LogP contribution in [0, 0.1) is 5.95 Å². The summed E-state index contributed by atoms with van der Waals surface area (Å²) in [5.41, 5.74) is 1.07. The number of aromatic nitrogens is 3. The van der Waals surface area contributed by atoms with Crippen LogP contribution >= 0.6 is 0 Å². The number of benzene rings is 1. The van der Waals surface area contributed by atoms with Gasteiger partial charge in [0.05, 0.1) is 5.69 Å². The number of likely N-dealkylation sites (N-methyl/N-ethyl adjacent to an activating group) is 1. The number of rotatable bonds is 4. The van der Waals surface area contributed by atoms with Crippen LogP contribution in [0.5, 0.6) is 5.75 Å². The molecule has 3 aromatic rings. The lowest BCUT2D eigenvalue weighted by Crippen LogP contribution is -2.49. The zero-order valence-corrected chi connectivity index (χ0v) is 15.6. The molecule has 4 rings (SSSR count). The summed E-state index contributed by atoms with van der Waals surface area (Å²) in [5, 5.41) is 2.55. The fourth-order valence-corrected chi connectivity index (χ4v) is 3.07. The van der Waals surface area contributed by atoms with Gasteiger partial charge in [0.25, 0.3) is 11.8 Å². The molecule has 2 N–H and O–H groups in total. The highest BCUT2D eigenvalue weighted by Gasteiger charge is 2.32. The largest absolute Gasteiger partial charge is 0.487 e. The van der Waals surface area contributed by atoms with Crippen molar-refractivity contribution >= 4 is 17.6 Å². The highest BCUT2D eigenvalue weighted by Crippen LogP contribution is 2.27. The minimum Gasteiger partial charge on any atom is -0.487 e. The summed E-state index contributed by atoms with van der Waals surface area (Å²) in [7, 11) is 1.55. The molecule has 29 heavy (non-hydrogen) atoms. The third kappa shape index (κ3) is 3.79. The van der Waals surface area contributed by atoms with Gasteiger partial charge in [-0.1, -0.05) is 30.3 Å². The highest BCUT2D eigenvalue weighted by atomic mass is 19.1. The molecule has 8 nitrogen and oxygen atoms in total. The van der Waals surface area contributed by atoms with E-state index in [4.69, 9.17) is 4.74 Å². The Morgan fingerprint density at radius 1 is 1.31 bits per heavy atom. The molecule has 3 heterocycles. The zero-order chi connectivity index (χ0) is 20.4. The number of nitrogens with zero attached hydrogens (tertiary/aromatic N) is 3. The predicted octanol–water partition coefficient (Wildman–Crippen LogP) is 1.69. The Morgan fingerprint density at radius 3 is 2.90 bits per heavy atom. The lowest BCUT2D eigenvalue weighted by molar-refractivity contribution is -0.120. The fourth-order valence-electron chi connectivity index (χ4n) is 3.07. The van der Waals surface area contributed by atoms with Crippen molar-refractivity contribution in [3.05, 3.63) is 71.7 Å². The van der Waals surface area contributed by atoms with Crippen molar-refractivity contribution in [1.29, 1.82) is 0 Å². The van der Waals surface area contributed by atoms with Gasteiger partial charge in [0, 0.05) is 19.7 Å². The van der Waals surface area contributed by atoms with Crippen molar-refractivity contribution in [3.63, 3.8) is 0 Å². The number of pyridine rings is 1. The Balaban J connectivity index is 1.48. The summed E-state index contributed by atoms with van der Waals surface area (Å²) in [5.74, 6) is -1.25. The van der Waals surface area contributed by atoms with Crippen LogP contribution < -0.4 is 15.0 Å². The van der Waals surface area contributed by atoms with Crippen LogP contribution in [-0.4, -0.2) is 46.5 Å². The predicted molar refractivity (Wildman–Crippen MR) is 102 cm³/mol. The molecule has 0 spiro atoms. The van der Waals surface area contributed by atoms with Crippen LogP contribution in [0.1, 0.15) is 21.9 Å². The van der Waals surface area contributed by atoms with Crippen molar-refractivity contribution in [3.8, 4) is 5.75 Å². The quantitative estimate of drug-likeness (QED) is 0.700. The molecule has 0 aliphatic carbocycles. The number of amides is 2. The van der Waals surface area contributed by atoms with E-state index in [1.807, 2.05) is 30.3 Å². The van der Waals surface area contributed by atoms with E-state index < -0.39 is 23.8 Å². The summed E-state index contributed by atoms with van der Waals surface area (Å²) in [6.45, 7) is -0.0757.